The van der Waals surface area contributed by atoms with Gasteiger partial charge in [0, 0.05) is 12.6 Å². The Kier molecular flexibility index (Phi) is 3.58. The monoisotopic (exact) mass is 313 g/mol. The summed E-state index contributed by atoms with van der Waals surface area (Å²) in [5.41, 5.74) is 5.70. The Morgan fingerprint density at radius 3 is 1.96 bits per heavy atom. The summed E-state index contributed by atoms with van der Waals surface area (Å²) in [5.74, 6) is 1.78. The molecule has 0 radical (unpaired) electrons. The SMILES string of the molecule is Cc1ccc2c(c1)OC(=C(c1ccccc1)c1ccccc1)N2C. The molecule has 0 bridgehead atoms. The molecule has 4 rings (SSSR count). The van der Waals surface area contributed by atoms with E-state index in [9.17, 15) is 0 Å². The molecule has 24 heavy (non-hydrogen) atoms. The van der Waals surface area contributed by atoms with Crippen LogP contribution in [0.15, 0.2) is 84.7 Å². The zero-order valence-corrected chi connectivity index (χ0v) is 13.9. The third-order valence-corrected chi connectivity index (χ3v) is 4.33. The first-order valence-corrected chi connectivity index (χ1v) is 8.11. The average Bonchev–Trinajstić information content (AvgIpc) is 2.93. The normalized spacial score (nSPS) is 12.8. The quantitative estimate of drug-likeness (QED) is 0.641. The van der Waals surface area contributed by atoms with E-state index in [1.807, 2.05) is 12.1 Å². The van der Waals surface area contributed by atoms with Gasteiger partial charge in [-0.25, -0.2) is 0 Å². The summed E-state index contributed by atoms with van der Waals surface area (Å²) < 4.78 is 6.28. The number of rotatable bonds is 2. The third kappa shape index (κ3) is 2.46. The highest BCUT2D eigenvalue weighted by molar-refractivity contribution is 5.86. The largest absolute Gasteiger partial charge is 0.438 e. The van der Waals surface area contributed by atoms with Crippen molar-refractivity contribution in [3.8, 4) is 5.75 Å². The van der Waals surface area contributed by atoms with Crippen LogP contribution in [0.5, 0.6) is 5.75 Å². The van der Waals surface area contributed by atoms with Crippen LogP contribution in [0.4, 0.5) is 5.69 Å². The van der Waals surface area contributed by atoms with Gasteiger partial charge in [-0.3, -0.25) is 0 Å². The van der Waals surface area contributed by atoms with Crippen molar-refractivity contribution in [1.29, 1.82) is 0 Å². The second-order valence-electron chi connectivity index (χ2n) is 6.04. The van der Waals surface area contributed by atoms with Gasteiger partial charge in [-0.05, 0) is 35.7 Å². The van der Waals surface area contributed by atoms with Crippen molar-refractivity contribution >= 4 is 11.3 Å². The molecule has 0 saturated heterocycles. The highest BCUT2D eigenvalue weighted by Gasteiger charge is 2.27. The lowest BCUT2D eigenvalue weighted by Gasteiger charge is -2.17. The van der Waals surface area contributed by atoms with Crippen molar-refractivity contribution in [3.05, 3.63) is 101 Å². The lowest BCUT2D eigenvalue weighted by molar-refractivity contribution is 0.446. The van der Waals surface area contributed by atoms with Gasteiger partial charge >= 0.3 is 0 Å². The zero-order chi connectivity index (χ0) is 16.5. The van der Waals surface area contributed by atoms with Gasteiger partial charge in [0.15, 0.2) is 5.75 Å². The Morgan fingerprint density at radius 1 is 0.792 bits per heavy atom. The van der Waals surface area contributed by atoms with E-state index in [2.05, 4.69) is 85.6 Å². The zero-order valence-electron chi connectivity index (χ0n) is 13.9. The number of fused-ring (bicyclic) bond motifs is 1. The minimum absolute atomic E-state index is 0.869. The molecular weight excluding hydrogens is 294 g/mol. The lowest BCUT2D eigenvalue weighted by atomic mass is 9.98. The van der Waals surface area contributed by atoms with Crippen molar-refractivity contribution < 1.29 is 4.74 Å². The summed E-state index contributed by atoms with van der Waals surface area (Å²) in [5, 5.41) is 0. The molecule has 1 heterocycles. The topological polar surface area (TPSA) is 12.5 Å². The molecule has 3 aromatic rings. The van der Waals surface area contributed by atoms with Gasteiger partial charge in [-0.15, -0.1) is 0 Å². The van der Waals surface area contributed by atoms with Crippen LogP contribution in [0.2, 0.25) is 0 Å². The Labute approximate surface area is 142 Å². The fraction of sp³-hybridized carbons (Fsp3) is 0.0909. The van der Waals surface area contributed by atoms with Crippen LogP contribution < -0.4 is 9.64 Å². The number of nitrogens with zero attached hydrogens (tertiary/aromatic N) is 1. The van der Waals surface area contributed by atoms with Crippen molar-refractivity contribution in [2.45, 2.75) is 6.92 Å². The smallest absolute Gasteiger partial charge is 0.208 e. The first-order chi connectivity index (χ1) is 11.7. The van der Waals surface area contributed by atoms with Gasteiger partial charge in [0.2, 0.25) is 5.88 Å². The summed E-state index contributed by atoms with van der Waals surface area (Å²) in [4.78, 5) is 2.13. The summed E-state index contributed by atoms with van der Waals surface area (Å²) in [6.45, 7) is 2.08. The standard InChI is InChI=1S/C22H19NO/c1-16-13-14-19-20(15-16)24-22(23(19)2)21(17-9-5-3-6-10-17)18-11-7-4-8-12-18/h3-15H,1-2H3. The van der Waals surface area contributed by atoms with Crippen LogP contribution >= 0.6 is 0 Å². The number of hydrogen-bond acceptors (Lipinski definition) is 2. The van der Waals surface area contributed by atoms with E-state index < -0.39 is 0 Å². The van der Waals surface area contributed by atoms with Gasteiger partial charge in [0.05, 0.1) is 5.69 Å². The van der Waals surface area contributed by atoms with E-state index in [1.165, 1.54) is 5.56 Å². The molecule has 118 valence electrons. The summed E-state index contributed by atoms with van der Waals surface area (Å²) in [6, 6.07) is 27.1. The maximum Gasteiger partial charge on any atom is 0.208 e. The number of ether oxygens (including phenoxy) is 1. The van der Waals surface area contributed by atoms with E-state index in [4.69, 9.17) is 4.74 Å². The average molecular weight is 313 g/mol. The molecule has 0 N–H and O–H groups in total. The molecule has 0 saturated carbocycles. The van der Waals surface area contributed by atoms with Crippen LogP contribution in [0.1, 0.15) is 16.7 Å². The lowest BCUT2D eigenvalue weighted by Crippen LogP contribution is -2.16. The molecule has 2 heteroatoms. The van der Waals surface area contributed by atoms with Crippen LogP contribution in [0, 0.1) is 6.92 Å². The number of aryl methyl sites for hydroxylation is 1. The molecule has 0 aliphatic carbocycles. The molecule has 0 atom stereocenters. The fourth-order valence-electron chi connectivity index (χ4n) is 3.10. The maximum absolute atomic E-state index is 6.28. The minimum atomic E-state index is 0.869. The predicted octanol–water partition coefficient (Wildman–Crippen LogP) is 5.24. The van der Waals surface area contributed by atoms with E-state index >= 15 is 0 Å². The minimum Gasteiger partial charge on any atom is -0.438 e. The van der Waals surface area contributed by atoms with Gasteiger partial charge < -0.3 is 9.64 Å². The first-order valence-electron chi connectivity index (χ1n) is 8.11. The first kappa shape index (κ1) is 14.6. The molecular formula is C22H19NO. The maximum atomic E-state index is 6.28. The third-order valence-electron chi connectivity index (χ3n) is 4.33. The van der Waals surface area contributed by atoms with E-state index in [0.29, 0.717) is 0 Å². The van der Waals surface area contributed by atoms with Gasteiger partial charge in [0.25, 0.3) is 0 Å². The fourth-order valence-corrected chi connectivity index (χ4v) is 3.10. The summed E-state index contributed by atoms with van der Waals surface area (Å²) >= 11 is 0. The van der Waals surface area contributed by atoms with Gasteiger partial charge in [-0.2, -0.15) is 0 Å². The molecule has 0 fully saturated rings. The molecule has 1 aliphatic rings. The van der Waals surface area contributed by atoms with Crippen molar-refractivity contribution in [3.63, 3.8) is 0 Å². The highest BCUT2D eigenvalue weighted by atomic mass is 16.5. The predicted molar refractivity (Wildman–Crippen MR) is 99.1 cm³/mol. The van der Waals surface area contributed by atoms with Crippen molar-refractivity contribution in [1.82, 2.24) is 0 Å². The van der Waals surface area contributed by atoms with Crippen LogP contribution in [0.3, 0.4) is 0 Å². The second kappa shape index (κ2) is 5.89. The van der Waals surface area contributed by atoms with Gasteiger partial charge in [0.1, 0.15) is 0 Å². The summed E-state index contributed by atoms with van der Waals surface area (Å²) in [6.07, 6.45) is 0. The second-order valence-corrected chi connectivity index (χ2v) is 6.04. The molecule has 0 aromatic heterocycles. The molecule has 1 aliphatic heterocycles. The van der Waals surface area contributed by atoms with Crippen molar-refractivity contribution in [2.75, 3.05) is 11.9 Å². The Bertz CT molecular complexity index is 856. The van der Waals surface area contributed by atoms with Crippen LogP contribution in [-0.4, -0.2) is 7.05 Å². The summed E-state index contributed by atoms with van der Waals surface area (Å²) in [7, 11) is 2.06. The molecule has 0 amide bonds. The number of benzene rings is 3. The van der Waals surface area contributed by atoms with Gasteiger partial charge in [-0.1, -0.05) is 66.7 Å². The molecule has 0 spiro atoms. The Hall–Kier alpha value is -3.00. The van der Waals surface area contributed by atoms with Crippen LogP contribution in [-0.2, 0) is 0 Å². The number of hydrogen-bond donors (Lipinski definition) is 0. The van der Waals surface area contributed by atoms with E-state index in [-0.39, 0.29) is 0 Å². The van der Waals surface area contributed by atoms with E-state index in [1.54, 1.807) is 0 Å². The molecule has 2 nitrogen and oxygen atoms in total. The molecule has 0 unspecified atom stereocenters. The van der Waals surface area contributed by atoms with Crippen molar-refractivity contribution in [2.24, 2.45) is 0 Å². The Morgan fingerprint density at radius 2 is 1.38 bits per heavy atom. The highest BCUT2D eigenvalue weighted by Crippen LogP contribution is 2.42. The Balaban J connectivity index is 1.93. The number of anilines is 1. The van der Waals surface area contributed by atoms with Crippen LogP contribution in [0.25, 0.3) is 5.57 Å². The molecule has 3 aromatic carbocycles. The van der Waals surface area contributed by atoms with E-state index in [0.717, 1.165) is 34.0 Å².